The lowest BCUT2D eigenvalue weighted by Crippen LogP contribution is -2.35. The molecule has 0 bridgehead atoms. The monoisotopic (exact) mass is 287 g/mol. The molecular formula is C18H25NO2. The maximum atomic E-state index is 12.6. The Kier molecular flexibility index (Phi) is 4.47. The van der Waals surface area contributed by atoms with Crippen molar-refractivity contribution in [2.45, 2.75) is 44.4 Å². The molecule has 114 valence electrons. The molecule has 1 amide bonds. The van der Waals surface area contributed by atoms with Crippen LogP contribution in [0.1, 0.15) is 50.0 Å². The van der Waals surface area contributed by atoms with Gasteiger partial charge in [-0.2, -0.15) is 0 Å². The molecule has 1 atom stereocenters. The van der Waals surface area contributed by atoms with Crippen LogP contribution in [-0.2, 0) is 4.79 Å². The standard InChI is InChI=1S/C18H25NO2/c1-21-17-9-7-14(8-10-17)16-11-12-19(13-16)18(20)15-5-3-2-4-6-15/h7-10,15-16H,2-6,11-13H2,1H3. The van der Waals surface area contributed by atoms with Gasteiger partial charge in [0.25, 0.3) is 0 Å². The van der Waals surface area contributed by atoms with E-state index in [0.29, 0.717) is 17.7 Å². The molecule has 0 radical (unpaired) electrons. The molecular weight excluding hydrogens is 262 g/mol. The highest BCUT2D eigenvalue weighted by Gasteiger charge is 2.31. The van der Waals surface area contributed by atoms with E-state index in [1.54, 1.807) is 7.11 Å². The summed E-state index contributed by atoms with van der Waals surface area (Å²) >= 11 is 0. The molecule has 2 aliphatic rings. The second-order valence-corrected chi connectivity index (χ2v) is 6.38. The van der Waals surface area contributed by atoms with E-state index in [4.69, 9.17) is 4.74 Å². The molecule has 1 aromatic carbocycles. The first kappa shape index (κ1) is 14.4. The summed E-state index contributed by atoms with van der Waals surface area (Å²) < 4.78 is 5.21. The zero-order chi connectivity index (χ0) is 14.7. The number of methoxy groups -OCH3 is 1. The Morgan fingerprint density at radius 2 is 1.81 bits per heavy atom. The molecule has 0 spiro atoms. The minimum atomic E-state index is 0.299. The van der Waals surface area contributed by atoms with Crippen molar-refractivity contribution in [1.29, 1.82) is 0 Å². The molecule has 3 nitrogen and oxygen atoms in total. The molecule has 21 heavy (non-hydrogen) atoms. The number of carbonyl (C=O) groups excluding carboxylic acids is 1. The molecule has 0 N–H and O–H groups in total. The van der Waals surface area contributed by atoms with Gasteiger partial charge < -0.3 is 9.64 Å². The van der Waals surface area contributed by atoms with Gasteiger partial charge in [-0.25, -0.2) is 0 Å². The molecule has 1 aliphatic carbocycles. The SMILES string of the molecule is COc1ccc(C2CCN(C(=O)C3CCCCC3)C2)cc1. The van der Waals surface area contributed by atoms with Crippen LogP contribution in [0.25, 0.3) is 0 Å². The number of benzene rings is 1. The first-order chi connectivity index (χ1) is 10.3. The van der Waals surface area contributed by atoms with Crippen molar-refractivity contribution in [3.05, 3.63) is 29.8 Å². The minimum absolute atomic E-state index is 0.299. The Labute approximate surface area is 127 Å². The minimum Gasteiger partial charge on any atom is -0.497 e. The summed E-state index contributed by atoms with van der Waals surface area (Å²) in [5.74, 6) is 2.09. The molecule has 3 heteroatoms. The van der Waals surface area contributed by atoms with Crippen LogP contribution >= 0.6 is 0 Å². The summed E-state index contributed by atoms with van der Waals surface area (Å²) in [5, 5.41) is 0. The summed E-state index contributed by atoms with van der Waals surface area (Å²) in [7, 11) is 1.69. The Morgan fingerprint density at radius 1 is 1.10 bits per heavy atom. The molecule has 1 aromatic rings. The maximum absolute atomic E-state index is 12.6. The predicted molar refractivity (Wildman–Crippen MR) is 83.5 cm³/mol. The Hall–Kier alpha value is -1.51. The smallest absolute Gasteiger partial charge is 0.225 e. The van der Waals surface area contributed by atoms with E-state index in [9.17, 15) is 4.79 Å². The molecule has 1 unspecified atom stereocenters. The van der Waals surface area contributed by atoms with Crippen molar-refractivity contribution in [2.24, 2.45) is 5.92 Å². The Morgan fingerprint density at radius 3 is 2.48 bits per heavy atom. The first-order valence-electron chi connectivity index (χ1n) is 8.20. The van der Waals surface area contributed by atoms with Crippen molar-refractivity contribution in [3.63, 3.8) is 0 Å². The van der Waals surface area contributed by atoms with Gasteiger partial charge in [0.05, 0.1) is 7.11 Å². The fraction of sp³-hybridized carbons (Fsp3) is 0.611. The van der Waals surface area contributed by atoms with Crippen LogP contribution in [0.3, 0.4) is 0 Å². The quantitative estimate of drug-likeness (QED) is 0.850. The van der Waals surface area contributed by atoms with E-state index in [-0.39, 0.29) is 0 Å². The molecule has 2 fully saturated rings. The van der Waals surface area contributed by atoms with Crippen LogP contribution in [0, 0.1) is 5.92 Å². The summed E-state index contributed by atoms with van der Waals surface area (Å²) in [6.07, 6.45) is 7.05. The van der Waals surface area contributed by atoms with Gasteiger partial charge in [-0.3, -0.25) is 4.79 Å². The van der Waals surface area contributed by atoms with Gasteiger partial charge >= 0.3 is 0 Å². The van der Waals surface area contributed by atoms with Crippen LogP contribution in [0.15, 0.2) is 24.3 Å². The normalized spacial score (nSPS) is 23.3. The third kappa shape index (κ3) is 3.22. The van der Waals surface area contributed by atoms with Crippen molar-refractivity contribution in [3.8, 4) is 5.75 Å². The van der Waals surface area contributed by atoms with Gasteiger partial charge in [0, 0.05) is 24.9 Å². The summed E-state index contributed by atoms with van der Waals surface area (Å²) in [5.41, 5.74) is 1.33. The number of hydrogen-bond donors (Lipinski definition) is 0. The number of nitrogens with zero attached hydrogens (tertiary/aromatic N) is 1. The number of carbonyl (C=O) groups is 1. The van der Waals surface area contributed by atoms with Gasteiger partial charge in [-0.05, 0) is 37.0 Å². The van der Waals surface area contributed by atoms with Gasteiger partial charge in [0.2, 0.25) is 5.91 Å². The van der Waals surface area contributed by atoms with Crippen molar-refractivity contribution in [2.75, 3.05) is 20.2 Å². The number of ether oxygens (including phenoxy) is 1. The molecule has 1 heterocycles. The van der Waals surface area contributed by atoms with Crippen LogP contribution in [0.4, 0.5) is 0 Å². The van der Waals surface area contributed by atoms with E-state index in [1.165, 1.54) is 24.8 Å². The van der Waals surface area contributed by atoms with Crippen molar-refractivity contribution < 1.29 is 9.53 Å². The Balaban J connectivity index is 1.60. The molecule has 1 saturated carbocycles. The van der Waals surface area contributed by atoms with Crippen LogP contribution in [0.5, 0.6) is 5.75 Å². The topological polar surface area (TPSA) is 29.5 Å². The van der Waals surface area contributed by atoms with Gasteiger partial charge in [-0.15, -0.1) is 0 Å². The van der Waals surface area contributed by atoms with E-state index in [2.05, 4.69) is 17.0 Å². The van der Waals surface area contributed by atoms with Crippen molar-refractivity contribution >= 4 is 5.91 Å². The van der Waals surface area contributed by atoms with Gasteiger partial charge in [0.15, 0.2) is 0 Å². The largest absolute Gasteiger partial charge is 0.497 e. The summed E-state index contributed by atoms with van der Waals surface area (Å²) in [4.78, 5) is 14.7. The van der Waals surface area contributed by atoms with Crippen LogP contribution in [0.2, 0.25) is 0 Å². The Bertz CT molecular complexity index is 476. The van der Waals surface area contributed by atoms with Crippen molar-refractivity contribution in [1.82, 2.24) is 4.90 Å². The highest BCUT2D eigenvalue weighted by atomic mass is 16.5. The molecule has 0 aromatic heterocycles. The lowest BCUT2D eigenvalue weighted by atomic mass is 9.88. The second-order valence-electron chi connectivity index (χ2n) is 6.38. The average molecular weight is 287 g/mol. The third-order valence-corrected chi connectivity index (χ3v) is 5.04. The fourth-order valence-electron chi connectivity index (χ4n) is 3.72. The number of likely N-dealkylation sites (tertiary alicyclic amines) is 1. The molecule has 1 saturated heterocycles. The van der Waals surface area contributed by atoms with Crippen LogP contribution < -0.4 is 4.74 Å². The van der Waals surface area contributed by atoms with E-state index >= 15 is 0 Å². The zero-order valence-corrected chi connectivity index (χ0v) is 12.9. The lowest BCUT2D eigenvalue weighted by molar-refractivity contribution is -0.135. The summed E-state index contributed by atoms with van der Waals surface area (Å²) in [6.45, 7) is 1.81. The maximum Gasteiger partial charge on any atom is 0.225 e. The number of hydrogen-bond acceptors (Lipinski definition) is 2. The first-order valence-corrected chi connectivity index (χ1v) is 8.20. The van der Waals surface area contributed by atoms with Crippen LogP contribution in [-0.4, -0.2) is 31.0 Å². The number of amides is 1. The molecule has 1 aliphatic heterocycles. The summed E-state index contributed by atoms with van der Waals surface area (Å²) in [6, 6.07) is 8.30. The van der Waals surface area contributed by atoms with E-state index < -0.39 is 0 Å². The second kappa shape index (κ2) is 6.50. The van der Waals surface area contributed by atoms with Gasteiger partial charge in [-0.1, -0.05) is 31.4 Å². The highest BCUT2D eigenvalue weighted by molar-refractivity contribution is 5.79. The van der Waals surface area contributed by atoms with E-state index in [1.807, 2.05) is 12.1 Å². The lowest BCUT2D eigenvalue weighted by Gasteiger charge is -2.26. The zero-order valence-electron chi connectivity index (χ0n) is 12.9. The predicted octanol–water partition coefficient (Wildman–Crippen LogP) is 3.59. The average Bonchev–Trinajstić information content (AvgIpc) is 3.05. The molecule has 3 rings (SSSR count). The fourth-order valence-corrected chi connectivity index (χ4v) is 3.72. The van der Waals surface area contributed by atoms with E-state index in [0.717, 1.165) is 38.1 Å². The highest BCUT2D eigenvalue weighted by Crippen LogP contribution is 2.32. The number of rotatable bonds is 3. The third-order valence-electron chi connectivity index (χ3n) is 5.04. The van der Waals surface area contributed by atoms with Gasteiger partial charge in [0.1, 0.15) is 5.75 Å².